The molecule has 0 atom stereocenters. The summed E-state index contributed by atoms with van der Waals surface area (Å²) in [6.07, 6.45) is 1.16. The highest BCUT2D eigenvalue weighted by atomic mass is 32.2. The summed E-state index contributed by atoms with van der Waals surface area (Å²) in [6.45, 7) is 3.28. The highest BCUT2D eigenvalue weighted by molar-refractivity contribution is 7.92. The number of hydrogen-bond donors (Lipinski definition) is 1. The number of oxazole rings is 1. The molecule has 1 N–H and O–H groups in total. The number of anilines is 1. The fourth-order valence-corrected chi connectivity index (χ4v) is 1.86. The van der Waals surface area contributed by atoms with Crippen molar-refractivity contribution in [2.24, 2.45) is 0 Å². The van der Waals surface area contributed by atoms with Crippen LogP contribution in [0.25, 0.3) is 11.1 Å². The van der Waals surface area contributed by atoms with Crippen LogP contribution in [0.4, 0.5) is 11.7 Å². The fourth-order valence-electron chi connectivity index (χ4n) is 1.52. The molecule has 0 aliphatic carbocycles. The van der Waals surface area contributed by atoms with E-state index in [0.717, 1.165) is 6.26 Å². The molecule has 0 amide bonds. The number of nitro groups is 1. The minimum absolute atomic E-state index is 0.0957. The number of nitrogens with zero attached hydrogens (tertiary/aromatic N) is 2. The molecule has 21 heavy (non-hydrogen) atoms. The maximum Gasteiger partial charge on any atom is 0.295 e. The van der Waals surface area contributed by atoms with E-state index in [4.69, 9.17) is 4.42 Å². The second kappa shape index (κ2) is 4.99. The number of fused-ring (bicyclic) bond motifs is 1. The van der Waals surface area contributed by atoms with Crippen molar-refractivity contribution in [1.29, 1.82) is 0 Å². The van der Waals surface area contributed by atoms with Crippen LogP contribution in [0.5, 0.6) is 0 Å². The quantitative estimate of drug-likeness (QED) is 0.662. The average molecular weight is 313 g/mol. The topological polar surface area (TPSA) is 115 Å². The molecule has 0 fully saturated rings. The van der Waals surface area contributed by atoms with Crippen LogP contribution in [0.2, 0.25) is 0 Å². The number of benzene rings is 1. The highest BCUT2D eigenvalue weighted by Gasteiger charge is 2.30. The molecule has 2 rings (SSSR count). The summed E-state index contributed by atoms with van der Waals surface area (Å²) in [7, 11) is -3.24. The van der Waals surface area contributed by atoms with Crippen LogP contribution < -0.4 is 5.32 Å². The first-order valence-corrected chi connectivity index (χ1v) is 7.98. The summed E-state index contributed by atoms with van der Waals surface area (Å²) in [4.78, 5) is 14.3. The first-order chi connectivity index (χ1) is 9.60. The molecule has 0 radical (unpaired) electrons. The van der Waals surface area contributed by atoms with E-state index in [1.165, 1.54) is 18.2 Å². The number of hydrogen-bond acceptors (Lipinski definition) is 7. The van der Waals surface area contributed by atoms with Crippen molar-refractivity contribution in [3.8, 4) is 0 Å². The van der Waals surface area contributed by atoms with Gasteiger partial charge in [-0.3, -0.25) is 10.1 Å². The van der Waals surface area contributed by atoms with Gasteiger partial charge in [0.05, 0.1) is 15.7 Å². The third-order valence-electron chi connectivity index (χ3n) is 3.25. The van der Waals surface area contributed by atoms with Crippen molar-refractivity contribution in [3.05, 3.63) is 28.3 Å². The monoisotopic (exact) mass is 313 g/mol. The molecule has 0 aliphatic rings. The number of sulfone groups is 1. The third-order valence-corrected chi connectivity index (χ3v) is 5.40. The average Bonchev–Trinajstić information content (AvgIpc) is 2.76. The third kappa shape index (κ3) is 3.13. The number of non-ortho nitro benzene ring substituents is 1. The first-order valence-electron chi connectivity index (χ1n) is 6.09. The van der Waals surface area contributed by atoms with Crippen molar-refractivity contribution in [1.82, 2.24) is 4.98 Å². The maximum absolute atomic E-state index is 11.6. The lowest BCUT2D eigenvalue weighted by molar-refractivity contribution is -0.384. The van der Waals surface area contributed by atoms with Crippen LogP contribution in [0.3, 0.4) is 0 Å². The van der Waals surface area contributed by atoms with Crippen LogP contribution in [-0.2, 0) is 9.84 Å². The van der Waals surface area contributed by atoms with Crippen molar-refractivity contribution < 1.29 is 17.8 Å². The van der Waals surface area contributed by atoms with E-state index >= 15 is 0 Å². The molecule has 0 saturated carbocycles. The van der Waals surface area contributed by atoms with E-state index in [1.54, 1.807) is 13.8 Å². The molecule has 1 heterocycles. The van der Waals surface area contributed by atoms with Gasteiger partial charge < -0.3 is 9.73 Å². The number of rotatable bonds is 5. The minimum atomic E-state index is -3.24. The lowest BCUT2D eigenvalue weighted by Crippen LogP contribution is -2.38. The van der Waals surface area contributed by atoms with Crippen LogP contribution in [0, 0.1) is 10.1 Å². The number of aromatic nitrogens is 1. The second-order valence-electron chi connectivity index (χ2n) is 5.31. The Bertz CT molecular complexity index is 794. The molecule has 1 aromatic carbocycles. The Morgan fingerprint density at radius 3 is 2.67 bits per heavy atom. The molecule has 8 nitrogen and oxygen atoms in total. The zero-order valence-corrected chi connectivity index (χ0v) is 12.6. The SMILES string of the molecule is CC(C)(CNc1nc2ccc([N+](=O)[O-])cc2o1)S(C)(=O)=O. The van der Waals surface area contributed by atoms with Crippen molar-refractivity contribution in [2.45, 2.75) is 18.6 Å². The molecule has 0 spiro atoms. The molecule has 0 saturated heterocycles. The summed E-state index contributed by atoms with van der Waals surface area (Å²) >= 11 is 0. The Kier molecular flexibility index (Phi) is 3.62. The molecule has 2 aromatic rings. The summed E-state index contributed by atoms with van der Waals surface area (Å²) in [6, 6.07) is 4.20. The fraction of sp³-hybridized carbons (Fsp3) is 0.417. The predicted octanol–water partition coefficient (Wildman–Crippen LogP) is 1.97. The van der Waals surface area contributed by atoms with Crippen LogP contribution in [-0.4, -0.2) is 35.9 Å². The molecule has 9 heteroatoms. The lowest BCUT2D eigenvalue weighted by Gasteiger charge is -2.21. The predicted molar refractivity (Wildman–Crippen MR) is 78.1 cm³/mol. The number of nitro benzene ring substituents is 1. The van der Waals surface area contributed by atoms with Gasteiger partial charge in [-0.1, -0.05) is 0 Å². The van der Waals surface area contributed by atoms with E-state index in [1.807, 2.05) is 0 Å². The van der Waals surface area contributed by atoms with E-state index < -0.39 is 19.5 Å². The zero-order valence-electron chi connectivity index (χ0n) is 11.8. The van der Waals surface area contributed by atoms with E-state index in [0.29, 0.717) is 5.52 Å². The van der Waals surface area contributed by atoms with Gasteiger partial charge in [0, 0.05) is 18.9 Å². The van der Waals surface area contributed by atoms with Crippen LogP contribution in [0.15, 0.2) is 22.6 Å². The van der Waals surface area contributed by atoms with Crippen LogP contribution in [0.1, 0.15) is 13.8 Å². The Morgan fingerprint density at radius 2 is 2.10 bits per heavy atom. The summed E-state index contributed by atoms with van der Waals surface area (Å²) in [5.74, 6) is 0. The first kappa shape index (κ1) is 15.2. The lowest BCUT2D eigenvalue weighted by atomic mass is 10.2. The summed E-state index contributed by atoms with van der Waals surface area (Å²) < 4.78 is 27.6. The van der Waals surface area contributed by atoms with Gasteiger partial charge in [0.2, 0.25) is 0 Å². The van der Waals surface area contributed by atoms with Gasteiger partial charge in [-0.2, -0.15) is 4.98 Å². The molecule has 0 unspecified atom stereocenters. The van der Waals surface area contributed by atoms with Gasteiger partial charge in [-0.25, -0.2) is 8.42 Å². The van der Waals surface area contributed by atoms with Gasteiger partial charge in [-0.05, 0) is 19.9 Å². The second-order valence-corrected chi connectivity index (χ2v) is 7.96. The van der Waals surface area contributed by atoms with E-state index in [-0.39, 0.29) is 23.8 Å². The summed E-state index contributed by atoms with van der Waals surface area (Å²) in [5.41, 5.74) is 0.630. The van der Waals surface area contributed by atoms with Gasteiger partial charge >= 0.3 is 0 Å². The molecule has 0 bridgehead atoms. The minimum Gasteiger partial charge on any atom is -0.423 e. The smallest absolute Gasteiger partial charge is 0.295 e. The standard InChI is InChI=1S/C12H15N3O5S/c1-12(2,21(3,18)19)7-13-11-14-9-5-4-8(15(16)17)6-10(9)20-11/h4-6H,7H2,1-3H3,(H,13,14). The van der Waals surface area contributed by atoms with Crippen molar-refractivity contribution in [3.63, 3.8) is 0 Å². The molecular weight excluding hydrogens is 298 g/mol. The van der Waals surface area contributed by atoms with Gasteiger partial charge in [-0.15, -0.1) is 0 Å². The largest absolute Gasteiger partial charge is 0.423 e. The van der Waals surface area contributed by atoms with Crippen molar-refractivity contribution >= 4 is 32.6 Å². The molecule has 1 aromatic heterocycles. The van der Waals surface area contributed by atoms with Crippen molar-refractivity contribution in [2.75, 3.05) is 18.1 Å². The van der Waals surface area contributed by atoms with Gasteiger partial charge in [0.25, 0.3) is 11.7 Å². The Labute approximate surface area is 121 Å². The van der Waals surface area contributed by atoms with Gasteiger partial charge in [0.15, 0.2) is 15.4 Å². The van der Waals surface area contributed by atoms with Gasteiger partial charge in [0.1, 0.15) is 5.52 Å². The molecule has 114 valence electrons. The molecule has 0 aliphatic heterocycles. The van der Waals surface area contributed by atoms with Crippen LogP contribution >= 0.6 is 0 Å². The Morgan fingerprint density at radius 1 is 1.43 bits per heavy atom. The normalized spacial score (nSPS) is 12.5. The maximum atomic E-state index is 11.6. The van der Waals surface area contributed by atoms with E-state index in [9.17, 15) is 18.5 Å². The Hall–Kier alpha value is -2.16. The highest BCUT2D eigenvalue weighted by Crippen LogP contribution is 2.24. The molecular formula is C12H15N3O5S. The summed E-state index contributed by atoms with van der Waals surface area (Å²) in [5, 5.41) is 13.5. The number of nitrogens with one attached hydrogen (secondary N) is 1. The Balaban J connectivity index is 2.23. The zero-order chi connectivity index (χ0) is 15.8. The van der Waals surface area contributed by atoms with E-state index in [2.05, 4.69) is 10.3 Å².